The molecule has 2 aromatic rings. The molecular formula is C20H25N3O3S. The van der Waals surface area contributed by atoms with Crippen molar-refractivity contribution >= 4 is 26.8 Å². The molecule has 0 unspecified atom stereocenters. The van der Waals surface area contributed by atoms with E-state index < -0.39 is 10.0 Å². The van der Waals surface area contributed by atoms with Crippen LogP contribution in [0.5, 0.6) is 0 Å². The number of rotatable bonds is 3. The number of hydrogen-bond donors (Lipinski definition) is 0. The Balaban J connectivity index is 1.54. The lowest BCUT2D eigenvalue weighted by molar-refractivity contribution is -0.136. The van der Waals surface area contributed by atoms with Crippen LogP contribution in [0.15, 0.2) is 35.4 Å². The van der Waals surface area contributed by atoms with E-state index in [-0.39, 0.29) is 11.8 Å². The summed E-state index contributed by atoms with van der Waals surface area (Å²) in [5, 5.41) is 0.655. The van der Waals surface area contributed by atoms with Crippen molar-refractivity contribution in [1.29, 1.82) is 0 Å². The second kappa shape index (κ2) is 7.20. The molecule has 2 fully saturated rings. The predicted octanol–water partition coefficient (Wildman–Crippen LogP) is 2.57. The second-order valence-electron chi connectivity index (χ2n) is 7.49. The number of aromatic nitrogens is 1. The lowest BCUT2D eigenvalue weighted by atomic mass is 10.1. The van der Waals surface area contributed by atoms with E-state index in [2.05, 4.69) is 4.98 Å². The Morgan fingerprint density at radius 1 is 1.07 bits per heavy atom. The predicted molar refractivity (Wildman–Crippen MR) is 104 cm³/mol. The zero-order valence-electron chi connectivity index (χ0n) is 15.6. The molecular weight excluding hydrogens is 362 g/mol. The topological polar surface area (TPSA) is 70.6 Å². The summed E-state index contributed by atoms with van der Waals surface area (Å²) in [6, 6.07) is 7.05. The van der Waals surface area contributed by atoms with Crippen LogP contribution < -0.4 is 0 Å². The Kier molecular flexibility index (Phi) is 4.90. The van der Waals surface area contributed by atoms with Gasteiger partial charge in [-0.15, -0.1) is 0 Å². The average Bonchev–Trinajstić information content (AvgIpc) is 3.22. The molecule has 2 aliphatic rings. The highest BCUT2D eigenvalue weighted by atomic mass is 32.2. The molecule has 6 nitrogen and oxygen atoms in total. The van der Waals surface area contributed by atoms with Gasteiger partial charge in [0.2, 0.25) is 15.9 Å². The highest BCUT2D eigenvalue weighted by Crippen LogP contribution is 2.29. The Morgan fingerprint density at radius 3 is 2.48 bits per heavy atom. The van der Waals surface area contributed by atoms with Gasteiger partial charge in [-0.25, -0.2) is 8.42 Å². The maximum Gasteiger partial charge on any atom is 0.243 e. The number of carbonyl (C=O) groups excluding carboxylic acids is 1. The van der Waals surface area contributed by atoms with Crippen LogP contribution in [-0.2, 0) is 14.8 Å². The zero-order valence-corrected chi connectivity index (χ0v) is 16.4. The van der Waals surface area contributed by atoms with Crippen LogP contribution in [-0.4, -0.2) is 54.7 Å². The highest BCUT2D eigenvalue weighted by Gasteiger charge is 2.34. The summed E-state index contributed by atoms with van der Waals surface area (Å²) in [6.07, 6.45) is 5.87. The lowest BCUT2D eigenvalue weighted by Crippen LogP contribution is -2.51. The fourth-order valence-electron chi connectivity index (χ4n) is 4.23. The summed E-state index contributed by atoms with van der Waals surface area (Å²) in [7, 11) is -3.62. The third-order valence-corrected chi connectivity index (χ3v) is 7.76. The monoisotopic (exact) mass is 387 g/mol. The van der Waals surface area contributed by atoms with Crippen LogP contribution in [0.1, 0.15) is 31.2 Å². The van der Waals surface area contributed by atoms with E-state index in [0.717, 1.165) is 31.2 Å². The minimum absolute atomic E-state index is 0.139. The lowest BCUT2D eigenvalue weighted by Gasteiger charge is -2.35. The van der Waals surface area contributed by atoms with Gasteiger partial charge < -0.3 is 4.90 Å². The maximum atomic E-state index is 13.2. The Hall–Kier alpha value is -1.99. The molecule has 0 N–H and O–H groups in total. The number of benzene rings is 1. The van der Waals surface area contributed by atoms with E-state index in [4.69, 9.17) is 0 Å². The molecule has 27 heavy (non-hydrogen) atoms. The van der Waals surface area contributed by atoms with Gasteiger partial charge in [-0.3, -0.25) is 9.78 Å². The third kappa shape index (κ3) is 3.34. The van der Waals surface area contributed by atoms with E-state index in [1.54, 1.807) is 18.3 Å². The number of sulfonamides is 1. The summed E-state index contributed by atoms with van der Waals surface area (Å²) in [5.74, 6) is 0.342. The molecule has 2 heterocycles. The number of carbonyl (C=O) groups is 1. The van der Waals surface area contributed by atoms with Crippen molar-refractivity contribution in [2.45, 2.75) is 37.5 Å². The highest BCUT2D eigenvalue weighted by molar-refractivity contribution is 7.89. The van der Waals surface area contributed by atoms with Crippen molar-refractivity contribution in [3.8, 4) is 0 Å². The molecule has 4 rings (SSSR count). The Morgan fingerprint density at radius 2 is 1.78 bits per heavy atom. The second-order valence-corrected chi connectivity index (χ2v) is 9.40. The van der Waals surface area contributed by atoms with Crippen LogP contribution >= 0.6 is 0 Å². The summed E-state index contributed by atoms with van der Waals surface area (Å²) in [4.78, 5) is 19.1. The van der Waals surface area contributed by atoms with Crippen molar-refractivity contribution < 1.29 is 13.2 Å². The van der Waals surface area contributed by atoms with Crippen molar-refractivity contribution in [1.82, 2.24) is 14.2 Å². The van der Waals surface area contributed by atoms with Gasteiger partial charge in [0, 0.05) is 43.7 Å². The summed E-state index contributed by atoms with van der Waals surface area (Å²) in [5.41, 5.74) is 1.67. The van der Waals surface area contributed by atoms with Gasteiger partial charge in [-0.2, -0.15) is 4.31 Å². The molecule has 0 radical (unpaired) electrons. The quantitative estimate of drug-likeness (QED) is 0.812. The number of amides is 1. The minimum atomic E-state index is -3.62. The molecule has 7 heteroatoms. The summed E-state index contributed by atoms with van der Waals surface area (Å²) < 4.78 is 28.0. The van der Waals surface area contributed by atoms with E-state index in [0.29, 0.717) is 42.0 Å². The molecule has 1 aliphatic heterocycles. The van der Waals surface area contributed by atoms with Gasteiger partial charge in [-0.05, 0) is 43.5 Å². The number of hydrogen-bond acceptors (Lipinski definition) is 4. The molecule has 1 amide bonds. The van der Waals surface area contributed by atoms with Gasteiger partial charge in [0.05, 0.1) is 10.4 Å². The van der Waals surface area contributed by atoms with E-state index in [9.17, 15) is 13.2 Å². The smallest absolute Gasteiger partial charge is 0.243 e. The van der Waals surface area contributed by atoms with Gasteiger partial charge in [0.25, 0.3) is 0 Å². The zero-order chi connectivity index (χ0) is 19.0. The first kappa shape index (κ1) is 18.4. The van der Waals surface area contributed by atoms with E-state index in [1.807, 2.05) is 24.0 Å². The van der Waals surface area contributed by atoms with Crippen LogP contribution in [0.25, 0.3) is 10.9 Å². The largest absolute Gasteiger partial charge is 0.340 e. The van der Waals surface area contributed by atoms with Crippen LogP contribution in [0.3, 0.4) is 0 Å². The molecule has 0 atom stereocenters. The first-order valence-corrected chi connectivity index (χ1v) is 11.1. The molecule has 0 spiro atoms. The molecule has 1 aromatic carbocycles. The number of nitrogens with zero attached hydrogens (tertiary/aromatic N) is 3. The summed E-state index contributed by atoms with van der Waals surface area (Å²) >= 11 is 0. The molecule has 1 saturated carbocycles. The summed E-state index contributed by atoms with van der Waals surface area (Å²) in [6.45, 7) is 3.55. The number of piperazine rings is 1. The van der Waals surface area contributed by atoms with Crippen molar-refractivity contribution in [2.75, 3.05) is 26.2 Å². The number of fused-ring (bicyclic) bond motifs is 1. The van der Waals surface area contributed by atoms with Crippen molar-refractivity contribution in [3.05, 3.63) is 36.0 Å². The minimum Gasteiger partial charge on any atom is -0.340 e. The maximum absolute atomic E-state index is 13.2. The number of aryl methyl sites for hydroxylation is 1. The normalized spacial score (nSPS) is 19.7. The van der Waals surface area contributed by atoms with Crippen LogP contribution in [0, 0.1) is 12.8 Å². The Labute approximate surface area is 160 Å². The first-order valence-electron chi connectivity index (χ1n) is 9.62. The standard InChI is InChI=1S/C20H25N3O3S/c1-15-8-9-18(17-7-4-10-21-19(15)17)27(25,26)23-13-11-22(12-14-23)20(24)16-5-2-3-6-16/h4,7-10,16H,2-3,5-6,11-14H2,1H3. The van der Waals surface area contributed by atoms with Gasteiger partial charge in [0.15, 0.2) is 0 Å². The van der Waals surface area contributed by atoms with E-state index in [1.165, 1.54) is 4.31 Å². The average molecular weight is 388 g/mol. The molecule has 144 valence electrons. The number of pyridine rings is 1. The Bertz CT molecular complexity index is 960. The van der Waals surface area contributed by atoms with Crippen molar-refractivity contribution in [2.24, 2.45) is 5.92 Å². The van der Waals surface area contributed by atoms with Crippen molar-refractivity contribution in [3.63, 3.8) is 0 Å². The fraction of sp³-hybridized carbons (Fsp3) is 0.500. The molecule has 1 saturated heterocycles. The van der Waals surface area contributed by atoms with Gasteiger partial charge in [-0.1, -0.05) is 18.9 Å². The van der Waals surface area contributed by atoms with Crippen LogP contribution in [0.2, 0.25) is 0 Å². The molecule has 1 aromatic heterocycles. The molecule has 0 bridgehead atoms. The first-order chi connectivity index (χ1) is 13.0. The van der Waals surface area contributed by atoms with Gasteiger partial charge in [0.1, 0.15) is 0 Å². The molecule has 1 aliphatic carbocycles. The van der Waals surface area contributed by atoms with Gasteiger partial charge >= 0.3 is 0 Å². The SMILES string of the molecule is Cc1ccc(S(=O)(=O)N2CCN(C(=O)C3CCCC3)CC2)c2cccnc12. The fourth-order valence-corrected chi connectivity index (χ4v) is 5.84. The van der Waals surface area contributed by atoms with Crippen LogP contribution in [0.4, 0.5) is 0 Å². The third-order valence-electron chi connectivity index (χ3n) is 5.80. The van der Waals surface area contributed by atoms with E-state index >= 15 is 0 Å².